The molecule has 86 valence electrons. The summed E-state index contributed by atoms with van der Waals surface area (Å²) in [4.78, 5) is 19.7. The van der Waals surface area contributed by atoms with Crippen LogP contribution < -0.4 is 10.6 Å². The van der Waals surface area contributed by atoms with Gasteiger partial charge in [0.05, 0.1) is 0 Å². The van der Waals surface area contributed by atoms with Gasteiger partial charge in [-0.2, -0.15) is 0 Å². The minimum absolute atomic E-state index is 0.142. The molecule has 2 aromatic rings. The lowest BCUT2D eigenvalue weighted by Gasteiger charge is -2.05. The third-order valence-corrected chi connectivity index (χ3v) is 2.17. The number of hydrogen-bond donors (Lipinski definition) is 2. The predicted molar refractivity (Wildman–Crippen MR) is 65.1 cm³/mol. The van der Waals surface area contributed by atoms with Crippen molar-refractivity contribution in [2.24, 2.45) is 0 Å². The van der Waals surface area contributed by atoms with Crippen molar-refractivity contribution in [3.8, 4) is 0 Å². The van der Waals surface area contributed by atoms with Crippen molar-refractivity contribution in [2.45, 2.75) is 0 Å². The van der Waals surface area contributed by atoms with E-state index in [0.29, 0.717) is 17.2 Å². The second-order valence-corrected chi connectivity index (χ2v) is 3.35. The highest BCUT2D eigenvalue weighted by atomic mass is 16.1. The Balaban J connectivity index is 2.20. The molecular formula is C12H12N4O. The number of aromatic nitrogens is 2. The minimum Gasteiger partial charge on any atom is -0.355 e. The highest BCUT2D eigenvalue weighted by Crippen LogP contribution is 2.12. The normalized spacial score (nSPS) is 9.71. The first-order valence-corrected chi connectivity index (χ1v) is 5.16. The molecule has 2 heterocycles. The summed E-state index contributed by atoms with van der Waals surface area (Å²) in [6.45, 7) is 0. The number of carbonyl (C=O) groups excluding carboxylic acids is 1. The molecule has 1 amide bonds. The Labute approximate surface area is 98.9 Å². The van der Waals surface area contributed by atoms with E-state index in [4.69, 9.17) is 0 Å². The lowest BCUT2D eigenvalue weighted by Crippen LogP contribution is -2.17. The van der Waals surface area contributed by atoms with Crippen molar-refractivity contribution in [3.05, 3.63) is 48.3 Å². The van der Waals surface area contributed by atoms with Crippen LogP contribution >= 0.6 is 0 Å². The molecule has 0 fully saturated rings. The maximum atomic E-state index is 11.4. The van der Waals surface area contributed by atoms with Crippen molar-refractivity contribution < 1.29 is 4.79 Å². The van der Waals surface area contributed by atoms with Crippen LogP contribution in [0, 0.1) is 0 Å². The Bertz CT molecular complexity index is 513. The lowest BCUT2D eigenvalue weighted by molar-refractivity contribution is 0.0963. The van der Waals surface area contributed by atoms with Crippen LogP contribution in [-0.4, -0.2) is 22.9 Å². The van der Waals surface area contributed by atoms with Crippen molar-refractivity contribution in [1.82, 2.24) is 15.3 Å². The molecule has 17 heavy (non-hydrogen) atoms. The fourth-order valence-electron chi connectivity index (χ4n) is 1.35. The number of amides is 1. The minimum atomic E-state index is -0.142. The molecule has 0 atom stereocenters. The third-order valence-electron chi connectivity index (χ3n) is 2.17. The van der Waals surface area contributed by atoms with Crippen LogP contribution in [0.4, 0.5) is 11.6 Å². The maximum Gasteiger partial charge on any atom is 0.251 e. The molecule has 0 saturated carbocycles. The van der Waals surface area contributed by atoms with Gasteiger partial charge in [0, 0.05) is 25.0 Å². The van der Waals surface area contributed by atoms with E-state index in [-0.39, 0.29) is 5.91 Å². The molecule has 2 rings (SSSR count). The number of rotatable bonds is 3. The van der Waals surface area contributed by atoms with Gasteiger partial charge in [0.15, 0.2) is 0 Å². The number of nitrogens with zero attached hydrogens (tertiary/aromatic N) is 2. The van der Waals surface area contributed by atoms with E-state index < -0.39 is 0 Å². The number of carbonyl (C=O) groups is 1. The van der Waals surface area contributed by atoms with Gasteiger partial charge in [-0.3, -0.25) is 4.79 Å². The molecule has 0 radical (unpaired) electrons. The SMILES string of the molecule is CNC(=O)c1ccnc(Nc2ccccn2)c1. The Morgan fingerprint density at radius 1 is 1.12 bits per heavy atom. The number of pyridine rings is 2. The number of nitrogens with one attached hydrogen (secondary N) is 2. The second kappa shape index (κ2) is 5.07. The molecule has 0 spiro atoms. The smallest absolute Gasteiger partial charge is 0.251 e. The molecule has 0 bridgehead atoms. The van der Waals surface area contributed by atoms with Gasteiger partial charge in [0.2, 0.25) is 0 Å². The third kappa shape index (κ3) is 2.78. The molecule has 0 aromatic carbocycles. The van der Waals surface area contributed by atoms with Crippen LogP contribution in [0.5, 0.6) is 0 Å². The summed E-state index contributed by atoms with van der Waals surface area (Å²) in [5.41, 5.74) is 0.556. The van der Waals surface area contributed by atoms with E-state index in [1.54, 1.807) is 31.6 Å². The highest BCUT2D eigenvalue weighted by Gasteiger charge is 2.04. The van der Waals surface area contributed by atoms with Gasteiger partial charge in [-0.1, -0.05) is 6.07 Å². The Kier molecular flexibility index (Phi) is 3.30. The summed E-state index contributed by atoms with van der Waals surface area (Å²) in [6, 6.07) is 8.86. The van der Waals surface area contributed by atoms with Gasteiger partial charge in [0.1, 0.15) is 11.6 Å². The van der Waals surface area contributed by atoms with Crippen LogP contribution in [0.15, 0.2) is 42.7 Å². The van der Waals surface area contributed by atoms with Gasteiger partial charge < -0.3 is 10.6 Å². The Hall–Kier alpha value is -2.43. The molecule has 0 aliphatic rings. The average Bonchev–Trinajstić information content (AvgIpc) is 2.39. The Morgan fingerprint density at radius 2 is 1.94 bits per heavy atom. The summed E-state index contributed by atoms with van der Waals surface area (Å²) in [7, 11) is 1.59. The fourth-order valence-corrected chi connectivity index (χ4v) is 1.35. The maximum absolute atomic E-state index is 11.4. The molecule has 0 saturated heterocycles. The van der Waals surface area contributed by atoms with E-state index in [9.17, 15) is 4.79 Å². The van der Waals surface area contributed by atoms with E-state index in [1.807, 2.05) is 18.2 Å². The number of anilines is 2. The summed E-state index contributed by atoms with van der Waals surface area (Å²) < 4.78 is 0. The monoisotopic (exact) mass is 228 g/mol. The summed E-state index contributed by atoms with van der Waals surface area (Å²) in [5, 5.41) is 5.58. The van der Waals surface area contributed by atoms with E-state index in [2.05, 4.69) is 20.6 Å². The summed E-state index contributed by atoms with van der Waals surface area (Å²) in [6.07, 6.45) is 3.26. The van der Waals surface area contributed by atoms with Crippen molar-refractivity contribution in [2.75, 3.05) is 12.4 Å². The van der Waals surface area contributed by atoms with Crippen LogP contribution in [-0.2, 0) is 0 Å². The zero-order chi connectivity index (χ0) is 12.1. The van der Waals surface area contributed by atoms with Crippen LogP contribution in [0.3, 0.4) is 0 Å². The van der Waals surface area contributed by atoms with Crippen molar-refractivity contribution in [1.29, 1.82) is 0 Å². The van der Waals surface area contributed by atoms with Gasteiger partial charge in [-0.05, 0) is 24.3 Å². The van der Waals surface area contributed by atoms with Gasteiger partial charge in [0.25, 0.3) is 5.91 Å². The topological polar surface area (TPSA) is 66.9 Å². The molecule has 0 aliphatic heterocycles. The molecule has 5 nitrogen and oxygen atoms in total. The molecule has 0 aliphatic carbocycles. The molecule has 5 heteroatoms. The largest absolute Gasteiger partial charge is 0.355 e. The Morgan fingerprint density at radius 3 is 2.65 bits per heavy atom. The fraction of sp³-hybridized carbons (Fsp3) is 0.0833. The summed E-state index contributed by atoms with van der Waals surface area (Å²) in [5.74, 6) is 1.13. The van der Waals surface area contributed by atoms with Gasteiger partial charge >= 0.3 is 0 Å². The van der Waals surface area contributed by atoms with Gasteiger partial charge in [-0.25, -0.2) is 9.97 Å². The van der Waals surface area contributed by atoms with E-state index in [1.165, 1.54) is 0 Å². The average molecular weight is 228 g/mol. The molecule has 2 N–H and O–H groups in total. The molecule has 2 aromatic heterocycles. The van der Waals surface area contributed by atoms with Crippen LogP contribution in [0.2, 0.25) is 0 Å². The van der Waals surface area contributed by atoms with E-state index >= 15 is 0 Å². The zero-order valence-electron chi connectivity index (χ0n) is 9.34. The molecule has 0 unspecified atom stereocenters. The molecular weight excluding hydrogens is 216 g/mol. The standard InChI is InChI=1S/C12H12N4O/c1-13-12(17)9-5-7-15-11(8-9)16-10-4-2-3-6-14-10/h2-8H,1H3,(H,13,17)(H,14,15,16). The number of hydrogen-bond acceptors (Lipinski definition) is 4. The first-order valence-electron chi connectivity index (χ1n) is 5.16. The second-order valence-electron chi connectivity index (χ2n) is 3.35. The van der Waals surface area contributed by atoms with Gasteiger partial charge in [-0.15, -0.1) is 0 Å². The first kappa shape index (κ1) is 11.1. The van der Waals surface area contributed by atoms with Crippen molar-refractivity contribution in [3.63, 3.8) is 0 Å². The summed E-state index contributed by atoms with van der Waals surface area (Å²) >= 11 is 0. The zero-order valence-corrected chi connectivity index (χ0v) is 9.34. The van der Waals surface area contributed by atoms with E-state index in [0.717, 1.165) is 0 Å². The first-order chi connectivity index (χ1) is 8.29. The van der Waals surface area contributed by atoms with Crippen LogP contribution in [0.25, 0.3) is 0 Å². The van der Waals surface area contributed by atoms with Crippen molar-refractivity contribution >= 4 is 17.5 Å². The van der Waals surface area contributed by atoms with Crippen LogP contribution in [0.1, 0.15) is 10.4 Å². The highest BCUT2D eigenvalue weighted by molar-refractivity contribution is 5.94. The lowest BCUT2D eigenvalue weighted by atomic mass is 10.2. The quantitative estimate of drug-likeness (QED) is 0.837. The predicted octanol–water partition coefficient (Wildman–Crippen LogP) is 1.58.